The predicted molar refractivity (Wildman–Crippen MR) is 39.5 cm³/mol. The smallest absolute Gasteiger partial charge is 0.852 e. The number of rotatable bonds is 2. The van der Waals surface area contributed by atoms with E-state index in [-0.39, 0.29) is 33.9 Å². The summed E-state index contributed by atoms with van der Waals surface area (Å²) in [5.41, 5.74) is 0. The van der Waals surface area contributed by atoms with E-state index in [1.165, 1.54) is 0 Å². The molecule has 0 fully saturated rings. The second kappa shape index (κ2) is 13.2. The van der Waals surface area contributed by atoms with Crippen LogP contribution in [0.3, 0.4) is 0 Å². The van der Waals surface area contributed by atoms with Gasteiger partial charge in [0.05, 0.1) is 0 Å². The van der Waals surface area contributed by atoms with Crippen molar-refractivity contribution >= 4 is 0 Å². The van der Waals surface area contributed by atoms with Crippen molar-refractivity contribution in [3.63, 3.8) is 0 Å². The van der Waals surface area contributed by atoms with Gasteiger partial charge in [0.2, 0.25) is 0 Å². The van der Waals surface area contributed by atoms with E-state index in [2.05, 4.69) is 0 Å². The standard InChI is InChI=1S/2C4H9O.Ti/c2*1-3-4(2)5;/h2*4H,3H2,1-2H3;/q2*-1;+2. The van der Waals surface area contributed by atoms with Crippen molar-refractivity contribution in [1.82, 2.24) is 0 Å². The molecule has 0 rings (SSSR count). The summed E-state index contributed by atoms with van der Waals surface area (Å²) < 4.78 is 0. The zero-order valence-electron chi connectivity index (χ0n) is 7.89. The molecule has 66 valence electrons. The van der Waals surface area contributed by atoms with Gasteiger partial charge in [-0.1, -0.05) is 40.5 Å². The molecule has 0 aromatic rings. The van der Waals surface area contributed by atoms with E-state index in [1.54, 1.807) is 13.8 Å². The minimum absolute atomic E-state index is 0. The summed E-state index contributed by atoms with van der Waals surface area (Å²) in [4.78, 5) is 0. The molecular weight excluding hydrogens is 176 g/mol. The summed E-state index contributed by atoms with van der Waals surface area (Å²) in [7, 11) is 0. The Kier molecular flexibility index (Phi) is 21.2. The fraction of sp³-hybridized carbons (Fsp3) is 1.00. The summed E-state index contributed by atoms with van der Waals surface area (Å²) in [6.45, 7) is 7.11. The van der Waals surface area contributed by atoms with Crippen molar-refractivity contribution in [1.29, 1.82) is 0 Å². The van der Waals surface area contributed by atoms with Gasteiger partial charge in [0, 0.05) is 0 Å². The van der Waals surface area contributed by atoms with Crippen LogP contribution < -0.4 is 10.2 Å². The molecule has 3 heteroatoms. The van der Waals surface area contributed by atoms with Gasteiger partial charge in [-0.15, -0.1) is 12.2 Å². The molecule has 0 aliphatic rings. The average molecular weight is 194 g/mol. The Morgan fingerprint density at radius 2 is 1.00 bits per heavy atom. The Morgan fingerprint density at radius 1 is 0.909 bits per heavy atom. The van der Waals surface area contributed by atoms with Crippen molar-refractivity contribution in [2.45, 2.75) is 52.7 Å². The van der Waals surface area contributed by atoms with Crippen LogP contribution in [0.2, 0.25) is 0 Å². The second-order valence-electron chi connectivity index (χ2n) is 2.44. The minimum Gasteiger partial charge on any atom is -0.852 e. The quantitative estimate of drug-likeness (QED) is 0.593. The molecule has 0 aliphatic carbocycles. The fourth-order valence-corrected chi connectivity index (χ4v) is 0. The van der Waals surface area contributed by atoms with Crippen molar-refractivity contribution in [3.05, 3.63) is 0 Å². The SMILES string of the molecule is CCC(C)[O-].CCC(C)[O-].[Ti+2]. The van der Waals surface area contributed by atoms with Crippen LogP contribution in [0.5, 0.6) is 0 Å². The van der Waals surface area contributed by atoms with E-state index < -0.39 is 0 Å². The summed E-state index contributed by atoms with van der Waals surface area (Å²) in [6, 6.07) is 0. The monoisotopic (exact) mass is 194 g/mol. The maximum Gasteiger partial charge on any atom is 2.00 e. The first kappa shape index (κ1) is 17.6. The molecule has 2 unspecified atom stereocenters. The van der Waals surface area contributed by atoms with Crippen LogP contribution in [-0.2, 0) is 21.7 Å². The normalized spacial score (nSPS) is 13.6. The molecule has 0 saturated heterocycles. The molecule has 0 aromatic carbocycles. The zero-order valence-corrected chi connectivity index (χ0v) is 9.45. The van der Waals surface area contributed by atoms with Gasteiger partial charge in [0.15, 0.2) is 0 Å². The molecule has 0 radical (unpaired) electrons. The van der Waals surface area contributed by atoms with E-state index in [1.807, 2.05) is 13.8 Å². The zero-order chi connectivity index (χ0) is 8.57. The fourth-order valence-electron chi connectivity index (χ4n) is 0. The molecule has 11 heavy (non-hydrogen) atoms. The van der Waals surface area contributed by atoms with Crippen molar-refractivity contribution < 1.29 is 31.9 Å². The molecule has 2 nitrogen and oxygen atoms in total. The van der Waals surface area contributed by atoms with Crippen LogP contribution >= 0.6 is 0 Å². The second-order valence-corrected chi connectivity index (χ2v) is 2.44. The topological polar surface area (TPSA) is 46.1 Å². The van der Waals surface area contributed by atoms with Gasteiger partial charge in [0.25, 0.3) is 0 Å². The third-order valence-electron chi connectivity index (χ3n) is 1.15. The van der Waals surface area contributed by atoms with E-state index >= 15 is 0 Å². The maximum atomic E-state index is 9.90. The third-order valence-corrected chi connectivity index (χ3v) is 1.15. The Balaban J connectivity index is -0.000000107. The van der Waals surface area contributed by atoms with Gasteiger partial charge >= 0.3 is 21.7 Å². The summed E-state index contributed by atoms with van der Waals surface area (Å²) in [6.07, 6.45) is 0.769. The van der Waals surface area contributed by atoms with E-state index in [0.717, 1.165) is 12.8 Å². The van der Waals surface area contributed by atoms with Crippen LogP contribution in [-0.4, -0.2) is 12.2 Å². The number of hydrogen-bond donors (Lipinski definition) is 0. The molecule has 0 N–H and O–H groups in total. The van der Waals surface area contributed by atoms with Gasteiger partial charge in [0.1, 0.15) is 0 Å². The van der Waals surface area contributed by atoms with Gasteiger partial charge < -0.3 is 10.2 Å². The molecule has 0 bridgehead atoms. The molecule has 0 saturated carbocycles. The van der Waals surface area contributed by atoms with E-state index in [0.29, 0.717) is 0 Å². The van der Waals surface area contributed by atoms with Crippen LogP contribution in [0.4, 0.5) is 0 Å². The first-order valence-corrected chi connectivity index (χ1v) is 3.86. The molecular formula is C8H18O2Ti. The first-order chi connectivity index (χ1) is 4.54. The molecule has 0 aromatic heterocycles. The molecule has 2 atom stereocenters. The van der Waals surface area contributed by atoms with Crippen molar-refractivity contribution in [3.8, 4) is 0 Å². The maximum absolute atomic E-state index is 9.90. The predicted octanol–water partition coefficient (Wildman–Crippen LogP) is 0.288. The molecule has 0 amide bonds. The summed E-state index contributed by atoms with van der Waals surface area (Å²) in [5, 5.41) is 19.8. The first-order valence-electron chi connectivity index (χ1n) is 3.86. The number of hydrogen-bond acceptors (Lipinski definition) is 2. The average Bonchev–Trinajstić information content (AvgIpc) is 1.89. The summed E-state index contributed by atoms with van der Waals surface area (Å²) >= 11 is 0. The van der Waals surface area contributed by atoms with Gasteiger partial charge in [-0.05, 0) is 0 Å². The van der Waals surface area contributed by atoms with Crippen molar-refractivity contribution in [2.24, 2.45) is 0 Å². The van der Waals surface area contributed by atoms with E-state index in [9.17, 15) is 10.2 Å². The molecule has 0 heterocycles. The van der Waals surface area contributed by atoms with E-state index in [4.69, 9.17) is 0 Å². The van der Waals surface area contributed by atoms with Crippen LogP contribution in [0.25, 0.3) is 0 Å². The Hall–Kier alpha value is 0.634. The van der Waals surface area contributed by atoms with Gasteiger partial charge in [-0.2, -0.15) is 0 Å². The van der Waals surface area contributed by atoms with Crippen molar-refractivity contribution in [2.75, 3.05) is 0 Å². The third kappa shape index (κ3) is 36.9. The van der Waals surface area contributed by atoms with Gasteiger partial charge in [-0.3, -0.25) is 0 Å². The molecule has 0 aliphatic heterocycles. The van der Waals surface area contributed by atoms with Crippen LogP contribution in [0.15, 0.2) is 0 Å². The van der Waals surface area contributed by atoms with Gasteiger partial charge in [-0.25, -0.2) is 0 Å². The summed E-state index contributed by atoms with van der Waals surface area (Å²) in [5.74, 6) is 0. The minimum atomic E-state index is -0.366. The Morgan fingerprint density at radius 3 is 1.00 bits per heavy atom. The largest absolute Gasteiger partial charge is 2.00 e. The molecule has 0 spiro atoms. The van der Waals surface area contributed by atoms with Crippen LogP contribution in [0.1, 0.15) is 40.5 Å². The Labute approximate surface area is 84.9 Å². The Bertz CT molecular complexity index is 48.1. The van der Waals surface area contributed by atoms with Crippen LogP contribution in [0, 0.1) is 0 Å².